The molecule has 36 heavy (non-hydrogen) atoms. The summed E-state index contributed by atoms with van der Waals surface area (Å²) in [5, 5.41) is 3.26. The van der Waals surface area contributed by atoms with Gasteiger partial charge in [-0.25, -0.2) is 4.98 Å². The van der Waals surface area contributed by atoms with Crippen molar-refractivity contribution in [3.8, 4) is 11.4 Å². The second-order valence-corrected chi connectivity index (χ2v) is 9.91. The number of hydrogen-bond donors (Lipinski definition) is 2. The average Bonchev–Trinajstić information content (AvgIpc) is 3.50. The van der Waals surface area contributed by atoms with E-state index in [4.69, 9.17) is 19.2 Å². The molecule has 2 atom stereocenters. The highest BCUT2D eigenvalue weighted by Gasteiger charge is 2.22. The lowest BCUT2D eigenvalue weighted by Gasteiger charge is -2.18. The number of aromatic amines is 1. The zero-order valence-electron chi connectivity index (χ0n) is 21.5. The third-order valence-corrected chi connectivity index (χ3v) is 6.35. The second kappa shape index (κ2) is 11.8. The first-order chi connectivity index (χ1) is 17.4. The van der Waals surface area contributed by atoms with Crippen molar-refractivity contribution >= 4 is 17.0 Å². The molecular weight excluding hydrogens is 460 g/mol. The Labute approximate surface area is 211 Å². The molecule has 0 spiro atoms. The van der Waals surface area contributed by atoms with E-state index in [0.717, 1.165) is 54.2 Å². The number of hydrogen-bond acceptors (Lipinski definition) is 7. The van der Waals surface area contributed by atoms with Crippen LogP contribution in [0.25, 0.3) is 22.4 Å². The molecule has 1 aliphatic heterocycles. The van der Waals surface area contributed by atoms with E-state index in [-0.39, 0.29) is 24.1 Å². The van der Waals surface area contributed by atoms with Crippen molar-refractivity contribution in [2.24, 2.45) is 11.8 Å². The lowest BCUT2D eigenvalue weighted by molar-refractivity contribution is -0.148. The molecule has 3 aromatic rings. The van der Waals surface area contributed by atoms with Crippen LogP contribution in [-0.2, 0) is 32.1 Å². The molecule has 0 aliphatic carbocycles. The highest BCUT2D eigenvalue weighted by molar-refractivity contribution is 5.81. The van der Waals surface area contributed by atoms with Crippen LogP contribution in [0.3, 0.4) is 0 Å². The second-order valence-electron chi connectivity index (χ2n) is 9.91. The lowest BCUT2D eigenvalue weighted by atomic mass is 10.1. The highest BCUT2D eigenvalue weighted by atomic mass is 16.5. The number of aryl methyl sites for hydroxylation is 1. The van der Waals surface area contributed by atoms with Crippen LogP contribution in [0.15, 0.2) is 35.3 Å². The summed E-state index contributed by atoms with van der Waals surface area (Å²) in [5.74, 6) is 1.19. The van der Waals surface area contributed by atoms with Crippen molar-refractivity contribution in [1.29, 1.82) is 0 Å². The van der Waals surface area contributed by atoms with E-state index in [1.54, 1.807) is 20.2 Å². The van der Waals surface area contributed by atoms with Gasteiger partial charge in [0.1, 0.15) is 11.9 Å². The van der Waals surface area contributed by atoms with Gasteiger partial charge in [-0.15, -0.1) is 0 Å². The molecule has 2 N–H and O–H groups in total. The predicted octanol–water partition coefficient (Wildman–Crippen LogP) is 3.04. The van der Waals surface area contributed by atoms with Crippen molar-refractivity contribution in [1.82, 2.24) is 19.9 Å². The van der Waals surface area contributed by atoms with E-state index < -0.39 is 6.04 Å². The molecular formula is C27H36N4O5. The molecule has 1 saturated heterocycles. The first-order valence-corrected chi connectivity index (χ1v) is 12.5. The van der Waals surface area contributed by atoms with E-state index in [0.29, 0.717) is 24.6 Å². The molecule has 1 unspecified atom stereocenters. The van der Waals surface area contributed by atoms with Crippen molar-refractivity contribution < 1.29 is 19.0 Å². The molecule has 4 rings (SSSR count). The Morgan fingerprint density at radius 3 is 2.83 bits per heavy atom. The molecule has 3 heterocycles. The number of esters is 1. The largest absolute Gasteiger partial charge is 0.464 e. The number of carbonyl (C=O) groups is 1. The maximum Gasteiger partial charge on any atom is 0.325 e. The number of methoxy groups -OCH3 is 1. The lowest BCUT2D eigenvalue weighted by Crippen LogP contribution is -2.41. The Morgan fingerprint density at radius 2 is 2.14 bits per heavy atom. The molecule has 0 amide bonds. The van der Waals surface area contributed by atoms with Gasteiger partial charge in [0.05, 0.1) is 30.9 Å². The summed E-state index contributed by atoms with van der Waals surface area (Å²) in [6.45, 7) is 9.19. The Kier molecular flexibility index (Phi) is 8.56. The van der Waals surface area contributed by atoms with Crippen LogP contribution in [0.5, 0.6) is 0 Å². The van der Waals surface area contributed by atoms with Crippen LogP contribution in [0.1, 0.15) is 31.4 Å². The van der Waals surface area contributed by atoms with Crippen LogP contribution < -0.4 is 10.9 Å². The van der Waals surface area contributed by atoms with Crippen LogP contribution in [0.4, 0.5) is 0 Å². The fourth-order valence-electron chi connectivity index (χ4n) is 4.37. The van der Waals surface area contributed by atoms with Gasteiger partial charge in [-0.2, -0.15) is 0 Å². The van der Waals surface area contributed by atoms with Crippen LogP contribution in [0, 0.1) is 18.8 Å². The van der Waals surface area contributed by atoms with Crippen LogP contribution in [0.2, 0.25) is 0 Å². The number of nitrogens with zero attached hydrogens (tertiary/aromatic N) is 2. The SMILES string of the molecule is COC[C@H](NCc1ccc2c(c1)nc(-c1c[nH]c(=O)c(C)c1)n2CC1CCOC1)C(=O)OCC(C)C. The summed E-state index contributed by atoms with van der Waals surface area (Å²) in [5.41, 5.74) is 4.30. The van der Waals surface area contributed by atoms with Crippen molar-refractivity contribution in [3.63, 3.8) is 0 Å². The number of rotatable bonds is 11. The highest BCUT2D eigenvalue weighted by Crippen LogP contribution is 2.28. The van der Waals surface area contributed by atoms with Gasteiger partial charge < -0.3 is 23.8 Å². The molecule has 1 fully saturated rings. The molecule has 9 nitrogen and oxygen atoms in total. The number of fused-ring (bicyclic) bond motifs is 1. The first kappa shape index (κ1) is 26.1. The fourth-order valence-corrected chi connectivity index (χ4v) is 4.37. The number of carbonyl (C=O) groups excluding carboxylic acids is 1. The Hall–Kier alpha value is -3.01. The Balaban J connectivity index is 1.59. The standard InChI is InChI=1S/C27H36N4O5/c1-17(2)14-36-27(33)23(16-34-4)28-11-19-5-6-24-22(10-19)30-25(21-9-18(3)26(32)29-12-21)31(24)13-20-7-8-35-15-20/h5-6,9-10,12,17,20,23,28H,7-8,11,13-16H2,1-4H3,(H,29,32)/t20?,23-/m0/s1. The smallest absolute Gasteiger partial charge is 0.325 e. The maximum atomic E-state index is 12.5. The number of ether oxygens (including phenoxy) is 3. The minimum absolute atomic E-state index is 0.100. The van der Waals surface area contributed by atoms with E-state index in [1.807, 2.05) is 32.0 Å². The van der Waals surface area contributed by atoms with Gasteiger partial charge in [0.25, 0.3) is 5.56 Å². The fraction of sp³-hybridized carbons (Fsp3) is 0.519. The molecule has 0 bridgehead atoms. The van der Waals surface area contributed by atoms with Gasteiger partial charge in [-0.1, -0.05) is 19.9 Å². The number of benzene rings is 1. The monoisotopic (exact) mass is 496 g/mol. The van der Waals surface area contributed by atoms with Crippen molar-refractivity contribution in [2.45, 2.75) is 46.3 Å². The van der Waals surface area contributed by atoms with E-state index >= 15 is 0 Å². The predicted molar refractivity (Wildman–Crippen MR) is 138 cm³/mol. The van der Waals surface area contributed by atoms with Crippen LogP contribution >= 0.6 is 0 Å². The summed E-state index contributed by atoms with van der Waals surface area (Å²) in [4.78, 5) is 32.2. The Bertz CT molecular complexity index is 1240. The summed E-state index contributed by atoms with van der Waals surface area (Å²) in [7, 11) is 1.57. The molecule has 0 radical (unpaired) electrons. The van der Waals surface area contributed by atoms with E-state index in [9.17, 15) is 9.59 Å². The summed E-state index contributed by atoms with van der Waals surface area (Å²) in [6.07, 6.45) is 2.73. The number of imidazole rings is 1. The molecule has 0 saturated carbocycles. The molecule has 9 heteroatoms. The average molecular weight is 497 g/mol. The summed E-state index contributed by atoms with van der Waals surface area (Å²) in [6, 6.07) is 7.48. The topological polar surface area (TPSA) is 107 Å². The third kappa shape index (κ3) is 6.21. The van der Waals surface area contributed by atoms with Crippen LogP contribution in [-0.4, -0.2) is 60.1 Å². The number of aromatic nitrogens is 3. The normalized spacial score (nSPS) is 16.6. The Morgan fingerprint density at radius 1 is 1.31 bits per heavy atom. The van der Waals surface area contributed by atoms with E-state index in [1.165, 1.54) is 0 Å². The van der Waals surface area contributed by atoms with Gasteiger partial charge >= 0.3 is 5.97 Å². The molecule has 1 aliphatic rings. The van der Waals surface area contributed by atoms with Crippen molar-refractivity contribution in [2.75, 3.05) is 33.5 Å². The number of nitrogens with one attached hydrogen (secondary N) is 2. The van der Waals surface area contributed by atoms with Gasteiger partial charge in [0.2, 0.25) is 0 Å². The quantitative estimate of drug-likeness (QED) is 0.393. The first-order valence-electron chi connectivity index (χ1n) is 12.5. The molecule has 194 valence electrons. The minimum Gasteiger partial charge on any atom is -0.464 e. The summed E-state index contributed by atoms with van der Waals surface area (Å²) < 4.78 is 18.4. The third-order valence-electron chi connectivity index (χ3n) is 6.35. The van der Waals surface area contributed by atoms with Gasteiger partial charge in [0, 0.05) is 50.0 Å². The zero-order valence-corrected chi connectivity index (χ0v) is 21.5. The van der Waals surface area contributed by atoms with Gasteiger partial charge in [-0.3, -0.25) is 14.9 Å². The van der Waals surface area contributed by atoms with Gasteiger partial charge in [0.15, 0.2) is 0 Å². The molecule has 2 aromatic heterocycles. The minimum atomic E-state index is -0.552. The number of H-pyrrole nitrogens is 1. The molecule has 1 aromatic carbocycles. The zero-order chi connectivity index (χ0) is 25.7. The number of pyridine rings is 1. The van der Waals surface area contributed by atoms with E-state index in [2.05, 4.69) is 20.9 Å². The maximum absolute atomic E-state index is 12.5. The summed E-state index contributed by atoms with van der Waals surface area (Å²) >= 11 is 0. The van der Waals surface area contributed by atoms with Gasteiger partial charge in [-0.05, 0) is 43.0 Å². The van der Waals surface area contributed by atoms with Crippen molar-refractivity contribution in [3.05, 3.63) is 51.9 Å².